The van der Waals surface area contributed by atoms with Crippen LogP contribution in [0.15, 0.2) is 82.7 Å². The summed E-state index contributed by atoms with van der Waals surface area (Å²) in [5, 5.41) is 0.881. The molecule has 0 spiro atoms. The highest BCUT2D eigenvalue weighted by molar-refractivity contribution is 7.98. The largest absolute Gasteiger partial charge is 0.497 e. The molecule has 0 aliphatic carbocycles. The van der Waals surface area contributed by atoms with Gasteiger partial charge in [0.25, 0.3) is 0 Å². The zero-order valence-corrected chi connectivity index (χ0v) is 16.2. The van der Waals surface area contributed by atoms with Crippen LogP contribution in [0.2, 0.25) is 0 Å². The predicted molar refractivity (Wildman–Crippen MR) is 108 cm³/mol. The fourth-order valence-corrected chi connectivity index (χ4v) is 3.84. The van der Waals surface area contributed by atoms with E-state index >= 15 is 0 Å². The topological polar surface area (TPSA) is 40.2 Å². The van der Waals surface area contributed by atoms with Gasteiger partial charge in [-0.05, 0) is 54.1 Å². The first kappa shape index (κ1) is 18.4. The van der Waals surface area contributed by atoms with E-state index in [9.17, 15) is 4.39 Å². The maximum Gasteiger partial charge on any atom is 0.169 e. The molecule has 0 saturated carbocycles. The van der Waals surface area contributed by atoms with Crippen LogP contribution in [0.1, 0.15) is 11.3 Å². The summed E-state index contributed by atoms with van der Waals surface area (Å²) in [4.78, 5) is 4.63. The van der Waals surface area contributed by atoms with Crippen molar-refractivity contribution >= 4 is 11.8 Å². The molecule has 0 aliphatic heterocycles. The van der Waals surface area contributed by atoms with Gasteiger partial charge in [-0.25, -0.2) is 9.37 Å². The number of methoxy groups -OCH3 is 1. The second-order valence-corrected chi connectivity index (χ2v) is 7.18. The highest BCUT2D eigenvalue weighted by Crippen LogP contribution is 2.30. The Morgan fingerprint density at radius 2 is 1.86 bits per heavy atom. The summed E-state index contributed by atoms with van der Waals surface area (Å²) in [5.74, 6) is 2.15. The van der Waals surface area contributed by atoms with E-state index in [1.54, 1.807) is 37.3 Å². The number of halogens is 1. The molecule has 0 atom stereocenters. The molecule has 0 bridgehead atoms. The second-order valence-electron chi connectivity index (χ2n) is 6.24. The van der Waals surface area contributed by atoms with Crippen LogP contribution in [0.3, 0.4) is 0 Å². The van der Waals surface area contributed by atoms with Crippen molar-refractivity contribution < 1.29 is 13.5 Å². The fourth-order valence-electron chi connectivity index (χ4n) is 2.91. The number of rotatable bonds is 7. The Morgan fingerprint density at radius 3 is 2.54 bits per heavy atom. The highest BCUT2D eigenvalue weighted by Gasteiger charge is 2.14. The molecule has 6 heteroatoms. The molecule has 28 heavy (non-hydrogen) atoms. The lowest BCUT2D eigenvalue weighted by atomic mass is 10.1. The fraction of sp³-hybridized carbons (Fsp3) is 0.136. The van der Waals surface area contributed by atoms with Crippen molar-refractivity contribution in [2.24, 2.45) is 0 Å². The van der Waals surface area contributed by atoms with Crippen LogP contribution >= 0.6 is 11.8 Å². The van der Waals surface area contributed by atoms with Crippen molar-refractivity contribution in [2.45, 2.75) is 17.5 Å². The number of nitrogens with zero attached hydrogens (tertiary/aromatic N) is 2. The first-order valence-corrected chi connectivity index (χ1v) is 9.81. The molecule has 2 heterocycles. The Bertz CT molecular complexity index is 1030. The SMILES string of the molecule is COc1ccc(-c2cnc(SCc3ccc(F)cc3)n2Cc2ccco2)cc1. The Morgan fingerprint density at radius 1 is 1.07 bits per heavy atom. The smallest absolute Gasteiger partial charge is 0.169 e. The second kappa shape index (κ2) is 8.35. The molecule has 0 N–H and O–H groups in total. The molecule has 0 fully saturated rings. The van der Waals surface area contributed by atoms with E-state index in [4.69, 9.17) is 9.15 Å². The van der Waals surface area contributed by atoms with Gasteiger partial charge in [0.1, 0.15) is 17.3 Å². The van der Waals surface area contributed by atoms with Gasteiger partial charge in [-0.15, -0.1) is 0 Å². The van der Waals surface area contributed by atoms with E-state index in [1.165, 1.54) is 12.1 Å². The molecular formula is C22H19FN2O2S. The van der Waals surface area contributed by atoms with E-state index in [0.717, 1.165) is 33.5 Å². The molecule has 2 aromatic carbocycles. The third-order valence-corrected chi connectivity index (χ3v) is 5.44. The molecule has 0 unspecified atom stereocenters. The van der Waals surface area contributed by atoms with Crippen molar-refractivity contribution in [1.29, 1.82) is 0 Å². The molecule has 0 aliphatic rings. The third-order valence-electron chi connectivity index (χ3n) is 4.38. The average molecular weight is 394 g/mol. The molecule has 0 saturated heterocycles. The molecule has 0 amide bonds. The van der Waals surface area contributed by atoms with Gasteiger partial charge in [0, 0.05) is 11.3 Å². The summed E-state index contributed by atoms with van der Waals surface area (Å²) in [5.41, 5.74) is 3.10. The Labute approximate surface area is 167 Å². The van der Waals surface area contributed by atoms with Crippen molar-refractivity contribution in [1.82, 2.24) is 9.55 Å². The Kier molecular flexibility index (Phi) is 5.48. The number of imidazole rings is 1. The van der Waals surface area contributed by atoms with E-state index in [0.29, 0.717) is 12.3 Å². The summed E-state index contributed by atoms with van der Waals surface area (Å²) in [6, 6.07) is 18.3. The highest BCUT2D eigenvalue weighted by atomic mass is 32.2. The zero-order valence-electron chi connectivity index (χ0n) is 15.3. The van der Waals surface area contributed by atoms with Crippen LogP contribution in [-0.2, 0) is 12.3 Å². The van der Waals surface area contributed by atoms with E-state index in [2.05, 4.69) is 9.55 Å². The van der Waals surface area contributed by atoms with Crippen molar-refractivity contribution in [3.63, 3.8) is 0 Å². The van der Waals surface area contributed by atoms with Crippen LogP contribution in [0, 0.1) is 5.82 Å². The maximum atomic E-state index is 13.1. The number of ether oxygens (including phenoxy) is 1. The van der Waals surface area contributed by atoms with E-state index in [1.807, 2.05) is 42.6 Å². The zero-order chi connectivity index (χ0) is 19.3. The number of aromatic nitrogens is 2. The minimum atomic E-state index is -0.227. The third kappa shape index (κ3) is 4.12. The number of hydrogen-bond donors (Lipinski definition) is 0. The van der Waals surface area contributed by atoms with Gasteiger partial charge in [-0.2, -0.15) is 0 Å². The van der Waals surface area contributed by atoms with Crippen LogP contribution in [0.5, 0.6) is 5.75 Å². The minimum Gasteiger partial charge on any atom is -0.497 e. The van der Waals surface area contributed by atoms with Crippen molar-refractivity contribution in [3.8, 4) is 17.0 Å². The van der Waals surface area contributed by atoms with Gasteiger partial charge in [0.2, 0.25) is 0 Å². The van der Waals surface area contributed by atoms with E-state index in [-0.39, 0.29) is 5.82 Å². The maximum absolute atomic E-state index is 13.1. The predicted octanol–water partition coefficient (Wildman–Crippen LogP) is 5.63. The summed E-state index contributed by atoms with van der Waals surface area (Å²) < 4.78 is 26.1. The molecule has 2 aromatic heterocycles. The Balaban J connectivity index is 1.63. The molecule has 4 nitrogen and oxygen atoms in total. The first-order valence-electron chi connectivity index (χ1n) is 8.82. The molecular weight excluding hydrogens is 375 g/mol. The molecule has 4 rings (SSSR count). The monoisotopic (exact) mass is 394 g/mol. The van der Waals surface area contributed by atoms with Gasteiger partial charge >= 0.3 is 0 Å². The van der Waals surface area contributed by atoms with Gasteiger partial charge < -0.3 is 13.7 Å². The number of thioether (sulfide) groups is 1. The van der Waals surface area contributed by atoms with Crippen molar-refractivity contribution in [2.75, 3.05) is 7.11 Å². The molecule has 142 valence electrons. The quantitative estimate of drug-likeness (QED) is 0.381. The number of hydrogen-bond acceptors (Lipinski definition) is 4. The lowest BCUT2D eigenvalue weighted by molar-refractivity contribution is 0.415. The number of furan rings is 1. The van der Waals surface area contributed by atoms with Crippen LogP contribution < -0.4 is 4.74 Å². The van der Waals surface area contributed by atoms with Crippen LogP contribution in [-0.4, -0.2) is 16.7 Å². The Hall–Kier alpha value is -2.99. The van der Waals surface area contributed by atoms with E-state index < -0.39 is 0 Å². The summed E-state index contributed by atoms with van der Waals surface area (Å²) in [7, 11) is 1.65. The number of benzene rings is 2. The van der Waals surface area contributed by atoms with Gasteiger partial charge in [0.05, 0.1) is 31.8 Å². The standard InChI is InChI=1S/C22H19FN2O2S/c1-26-19-10-6-17(7-11-19)21-13-24-22(25(21)14-20-3-2-12-27-20)28-15-16-4-8-18(23)9-5-16/h2-13H,14-15H2,1H3. The van der Waals surface area contributed by atoms with Gasteiger partial charge in [-0.3, -0.25) is 0 Å². The van der Waals surface area contributed by atoms with Crippen LogP contribution in [0.4, 0.5) is 4.39 Å². The lowest BCUT2D eigenvalue weighted by Gasteiger charge is -2.11. The first-order chi connectivity index (χ1) is 13.7. The average Bonchev–Trinajstić information content (AvgIpc) is 3.38. The van der Waals surface area contributed by atoms with Crippen LogP contribution in [0.25, 0.3) is 11.3 Å². The van der Waals surface area contributed by atoms with Crippen molar-refractivity contribution in [3.05, 3.63) is 90.3 Å². The molecule has 4 aromatic rings. The lowest BCUT2D eigenvalue weighted by Crippen LogP contribution is -2.03. The molecule has 0 radical (unpaired) electrons. The normalized spacial score (nSPS) is 10.9. The minimum absolute atomic E-state index is 0.227. The summed E-state index contributed by atoms with van der Waals surface area (Å²) in [6.45, 7) is 0.583. The summed E-state index contributed by atoms with van der Waals surface area (Å²) >= 11 is 1.61. The summed E-state index contributed by atoms with van der Waals surface area (Å²) in [6.07, 6.45) is 3.54. The van der Waals surface area contributed by atoms with Gasteiger partial charge in [0.15, 0.2) is 5.16 Å². The van der Waals surface area contributed by atoms with Gasteiger partial charge in [-0.1, -0.05) is 23.9 Å².